The maximum absolute atomic E-state index is 5.80. The van der Waals surface area contributed by atoms with Crippen LogP contribution in [0.3, 0.4) is 0 Å². The number of hydrogen-bond donors (Lipinski definition) is 1. The lowest BCUT2D eigenvalue weighted by atomic mass is 9.86. The summed E-state index contributed by atoms with van der Waals surface area (Å²) in [6.45, 7) is 6.50. The van der Waals surface area contributed by atoms with Gasteiger partial charge in [-0.25, -0.2) is 0 Å². The van der Waals surface area contributed by atoms with Crippen LogP contribution in [0.2, 0.25) is 0 Å². The first-order valence-corrected chi connectivity index (χ1v) is 6.28. The zero-order valence-corrected chi connectivity index (χ0v) is 10.0. The molecule has 0 saturated heterocycles. The molecule has 0 spiro atoms. The first-order valence-electron chi connectivity index (χ1n) is 6.28. The van der Waals surface area contributed by atoms with Gasteiger partial charge in [-0.05, 0) is 30.0 Å². The Hall–Kier alpha value is -1.02. The fourth-order valence-corrected chi connectivity index (χ4v) is 2.94. The van der Waals surface area contributed by atoms with Gasteiger partial charge in [0, 0.05) is 18.0 Å². The van der Waals surface area contributed by atoms with Crippen LogP contribution in [0.15, 0.2) is 12.1 Å². The van der Waals surface area contributed by atoms with Crippen LogP contribution in [0.4, 0.5) is 0 Å². The van der Waals surface area contributed by atoms with Crippen molar-refractivity contribution >= 4 is 0 Å². The summed E-state index contributed by atoms with van der Waals surface area (Å²) in [5.74, 6) is 1.84. The molecule has 0 aliphatic carbocycles. The van der Waals surface area contributed by atoms with Crippen molar-refractivity contribution in [3.8, 4) is 5.75 Å². The maximum Gasteiger partial charge on any atom is 0.126 e. The number of nitrogens with one attached hydrogen (secondary N) is 1. The van der Waals surface area contributed by atoms with E-state index in [9.17, 15) is 0 Å². The van der Waals surface area contributed by atoms with Crippen LogP contribution in [0.25, 0.3) is 0 Å². The molecule has 2 aliphatic heterocycles. The van der Waals surface area contributed by atoms with Crippen molar-refractivity contribution in [1.82, 2.24) is 5.32 Å². The lowest BCUT2D eigenvalue weighted by Gasteiger charge is -2.30. The summed E-state index contributed by atoms with van der Waals surface area (Å²) >= 11 is 0. The highest BCUT2D eigenvalue weighted by Gasteiger charge is 2.27. The first kappa shape index (κ1) is 10.2. The van der Waals surface area contributed by atoms with Gasteiger partial charge in [0.05, 0.1) is 6.61 Å². The molecule has 86 valence electrons. The summed E-state index contributed by atoms with van der Waals surface area (Å²) in [5.41, 5.74) is 4.33. The van der Waals surface area contributed by atoms with Crippen molar-refractivity contribution in [3.05, 3.63) is 28.8 Å². The zero-order valence-electron chi connectivity index (χ0n) is 10.0. The normalized spacial score (nSPS) is 22.8. The van der Waals surface area contributed by atoms with Crippen LogP contribution in [-0.2, 0) is 12.8 Å². The fraction of sp³-hybridized carbons (Fsp3) is 0.571. The highest BCUT2D eigenvalue weighted by Crippen LogP contribution is 2.38. The molecule has 0 saturated carbocycles. The van der Waals surface area contributed by atoms with Crippen molar-refractivity contribution in [3.63, 3.8) is 0 Å². The van der Waals surface area contributed by atoms with E-state index in [1.807, 2.05) is 0 Å². The van der Waals surface area contributed by atoms with Crippen LogP contribution in [-0.4, -0.2) is 13.2 Å². The molecule has 1 unspecified atom stereocenters. The van der Waals surface area contributed by atoms with Crippen molar-refractivity contribution in [1.29, 1.82) is 0 Å². The highest BCUT2D eigenvalue weighted by atomic mass is 16.5. The second-order valence-corrected chi connectivity index (χ2v) is 5.15. The molecule has 0 radical (unpaired) electrons. The van der Waals surface area contributed by atoms with Crippen LogP contribution in [0, 0.1) is 5.92 Å². The summed E-state index contributed by atoms with van der Waals surface area (Å²) in [5, 5.41) is 3.61. The van der Waals surface area contributed by atoms with Gasteiger partial charge in [0.2, 0.25) is 0 Å². The number of benzene rings is 1. The predicted molar refractivity (Wildman–Crippen MR) is 64.9 cm³/mol. The van der Waals surface area contributed by atoms with E-state index in [0.717, 1.165) is 26.0 Å². The Morgan fingerprint density at radius 2 is 2.19 bits per heavy atom. The molecular formula is C14H19NO. The van der Waals surface area contributed by atoms with Crippen molar-refractivity contribution in [2.45, 2.75) is 32.7 Å². The Morgan fingerprint density at radius 1 is 1.31 bits per heavy atom. The Bertz CT molecular complexity index is 411. The molecule has 0 fully saturated rings. The first-order chi connectivity index (χ1) is 7.77. The average molecular weight is 217 g/mol. The largest absolute Gasteiger partial charge is 0.493 e. The van der Waals surface area contributed by atoms with Gasteiger partial charge in [0.1, 0.15) is 5.75 Å². The Labute approximate surface area is 97.0 Å². The minimum atomic E-state index is 0.498. The second kappa shape index (κ2) is 3.77. The van der Waals surface area contributed by atoms with Gasteiger partial charge < -0.3 is 10.1 Å². The topological polar surface area (TPSA) is 21.3 Å². The quantitative estimate of drug-likeness (QED) is 0.780. The molecule has 2 aliphatic rings. The highest BCUT2D eigenvalue weighted by molar-refractivity contribution is 5.50. The van der Waals surface area contributed by atoms with Crippen LogP contribution >= 0.6 is 0 Å². The van der Waals surface area contributed by atoms with E-state index in [1.165, 1.54) is 22.4 Å². The molecule has 1 atom stereocenters. The molecule has 1 aromatic carbocycles. The minimum absolute atomic E-state index is 0.498. The van der Waals surface area contributed by atoms with Gasteiger partial charge in [-0.15, -0.1) is 0 Å². The van der Waals surface area contributed by atoms with Crippen LogP contribution in [0.5, 0.6) is 5.75 Å². The average Bonchev–Trinajstić information content (AvgIpc) is 2.76. The molecule has 2 heterocycles. The summed E-state index contributed by atoms with van der Waals surface area (Å²) in [7, 11) is 0. The summed E-state index contributed by atoms with van der Waals surface area (Å²) in [4.78, 5) is 0. The predicted octanol–water partition coefficient (Wildman–Crippen LogP) is 2.46. The zero-order chi connectivity index (χ0) is 11.1. The molecule has 1 aromatic rings. The van der Waals surface area contributed by atoms with Gasteiger partial charge >= 0.3 is 0 Å². The Kier molecular flexibility index (Phi) is 2.40. The third-order valence-electron chi connectivity index (χ3n) is 3.74. The lowest BCUT2D eigenvalue weighted by molar-refractivity contribution is 0.343. The fourth-order valence-electron chi connectivity index (χ4n) is 2.94. The molecule has 0 amide bonds. The van der Waals surface area contributed by atoms with Gasteiger partial charge in [0.25, 0.3) is 0 Å². The van der Waals surface area contributed by atoms with E-state index in [-0.39, 0.29) is 0 Å². The number of ether oxygens (including phenoxy) is 1. The van der Waals surface area contributed by atoms with Gasteiger partial charge in [-0.1, -0.05) is 26.0 Å². The minimum Gasteiger partial charge on any atom is -0.493 e. The number of rotatable bonds is 1. The van der Waals surface area contributed by atoms with E-state index < -0.39 is 0 Å². The maximum atomic E-state index is 5.80. The molecule has 0 aromatic heterocycles. The van der Waals surface area contributed by atoms with Crippen LogP contribution < -0.4 is 10.1 Å². The monoisotopic (exact) mass is 217 g/mol. The number of hydrogen-bond acceptors (Lipinski definition) is 2. The molecule has 1 N–H and O–H groups in total. The SMILES string of the molecule is CC(C)C1NCCc2c1ccc1c2OCC1. The van der Waals surface area contributed by atoms with E-state index >= 15 is 0 Å². The standard InChI is InChI=1S/C14H19NO/c1-9(2)13-11-4-3-10-6-8-16-14(10)12(11)5-7-15-13/h3-4,9,13,15H,5-8H2,1-2H3. The Balaban J connectivity index is 2.09. The molecule has 2 nitrogen and oxygen atoms in total. The number of fused-ring (bicyclic) bond motifs is 3. The molecule has 3 rings (SSSR count). The lowest BCUT2D eigenvalue weighted by Crippen LogP contribution is -2.33. The van der Waals surface area contributed by atoms with Gasteiger partial charge in [0.15, 0.2) is 0 Å². The Morgan fingerprint density at radius 3 is 3.00 bits per heavy atom. The van der Waals surface area contributed by atoms with Crippen molar-refractivity contribution in [2.24, 2.45) is 5.92 Å². The molecular weight excluding hydrogens is 198 g/mol. The van der Waals surface area contributed by atoms with Gasteiger partial charge in [-0.3, -0.25) is 0 Å². The third kappa shape index (κ3) is 1.44. The van der Waals surface area contributed by atoms with Crippen molar-refractivity contribution < 1.29 is 4.74 Å². The van der Waals surface area contributed by atoms with E-state index in [4.69, 9.17) is 4.74 Å². The molecule has 0 bridgehead atoms. The van der Waals surface area contributed by atoms with E-state index in [0.29, 0.717) is 12.0 Å². The smallest absolute Gasteiger partial charge is 0.126 e. The van der Waals surface area contributed by atoms with E-state index in [2.05, 4.69) is 31.3 Å². The summed E-state index contributed by atoms with van der Waals surface area (Å²) in [6, 6.07) is 5.06. The molecule has 2 heteroatoms. The summed E-state index contributed by atoms with van der Waals surface area (Å²) < 4.78 is 5.80. The second-order valence-electron chi connectivity index (χ2n) is 5.15. The van der Waals surface area contributed by atoms with E-state index in [1.54, 1.807) is 0 Å². The molecule has 16 heavy (non-hydrogen) atoms. The van der Waals surface area contributed by atoms with Crippen molar-refractivity contribution in [2.75, 3.05) is 13.2 Å². The van der Waals surface area contributed by atoms with Crippen LogP contribution in [0.1, 0.15) is 36.6 Å². The summed E-state index contributed by atoms with van der Waals surface area (Å²) in [6.07, 6.45) is 2.20. The third-order valence-corrected chi connectivity index (χ3v) is 3.74. The van der Waals surface area contributed by atoms with Gasteiger partial charge in [-0.2, -0.15) is 0 Å².